The second kappa shape index (κ2) is 4.76. The Balaban J connectivity index is 2.13. The maximum atomic E-state index is 10.6. The average Bonchev–Trinajstić information content (AvgIpc) is 2.77. The van der Waals surface area contributed by atoms with Gasteiger partial charge in [0.15, 0.2) is 0 Å². The van der Waals surface area contributed by atoms with E-state index >= 15 is 0 Å². The highest BCUT2D eigenvalue weighted by Gasteiger charge is 2.16. The highest BCUT2D eigenvalue weighted by atomic mass is 32.1. The van der Waals surface area contributed by atoms with Crippen molar-refractivity contribution >= 4 is 22.1 Å². The van der Waals surface area contributed by atoms with Gasteiger partial charge in [-0.05, 0) is 42.5 Å². The van der Waals surface area contributed by atoms with Gasteiger partial charge in [0.05, 0.1) is 0 Å². The Morgan fingerprint density at radius 3 is 2.79 bits per heavy atom. The molecule has 3 rings (SSSR count). The Labute approximate surface area is 116 Å². The van der Waals surface area contributed by atoms with Crippen LogP contribution in [0.4, 0.5) is 0 Å². The van der Waals surface area contributed by atoms with Gasteiger partial charge in [0.2, 0.25) is 0 Å². The molecule has 0 fully saturated rings. The maximum Gasteiger partial charge on any atom is 0.114 e. The molecule has 0 amide bonds. The van der Waals surface area contributed by atoms with E-state index in [-0.39, 0.29) is 0 Å². The van der Waals surface area contributed by atoms with E-state index < -0.39 is 6.10 Å². The number of rotatable bonds is 2. The van der Waals surface area contributed by atoms with Gasteiger partial charge in [-0.3, -0.25) is 4.98 Å². The fourth-order valence-corrected chi connectivity index (χ4v) is 3.31. The Kier molecular flexibility index (Phi) is 3.09. The van der Waals surface area contributed by atoms with E-state index in [2.05, 4.69) is 24.9 Å². The predicted molar refractivity (Wildman–Crippen MR) is 79.6 cm³/mol. The van der Waals surface area contributed by atoms with E-state index in [0.717, 1.165) is 21.2 Å². The van der Waals surface area contributed by atoms with E-state index in [9.17, 15) is 5.11 Å². The fraction of sp³-hybridized carbons (Fsp3) is 0.188. The summed E-state index contributed by atoms with van der Waals surface area (Å²) in [7, 11) is 0. The van der Waals surface area contributed by atoms with Crippen LogP contribution in [0.25, 0.3) is 10.8 Å². The van der Waals surface area contributed by atoms with Crippen LogP contribution in [0, 0.1) is 13.8 Å². The van der Waals surface area contributed by atoms with Gasteiger partial charge in [-0.1, -0.05) is 18.2 Å². The van der Waals surface area contributed by atoms with Crippen molar-refractivity contribution < 1.29 is 5.11 Å². The number of benzene rings is 1. The molecule has 2 nitrogen and oxygen atoms in total. The molecule has 0 saturated heterocycles. The zero-order valence-corrected chi connectivity index (χ0v) is 11.7. The molecule has 2 heterocycles. The molecule has 0 aliphatic carbocycles. The van der Waals surface area contributed by atoms with Crippen LogP contribution in [0.1, 0.15) is 27.0 Å². The normalized spacial score (nSPS) is 12.8. The molecule has 0 saturated carbocycles. The van der Waals surface area contributed by atoms with Crippen molar-refractivity contribution in [3.63, 3.8) is 0 Å². The summed E-state index contributed by atoms with van der Waals surface area (Å²) < 4.78 is 0. The summed E-state index contributed by atoms with van der Waals surface area (Å²) in [6.07, 6.45) is 3.02. The van der Waals surface area contributed by atoms with Gasteiger partial charge in [0.25, 0.3) is 0 Å². The first kappa shape index (κ1) is 12.3. The van der Waals surface area contributed by atoms with Crippen LogP contribution in [-0.4, -0.2) is 10.1 Å². The summed E-state index contributed by atoms with van der Waals surface area (Å²) in [6.45, 7) is 4.16. The van der Waals surface area contributed by atoms with Gasteiger partial charge in [0, 0.05) is 27.5 Å². The largest absolute Gasteiger partial charge is 0.383 e. The minimum Gasteiger partial charge on any atom is -0.383 e. The van der Waals surface area contributed by atoms with E-state index in [1.165, 1.54) is 10.4 Å². The number of hydrogen-bond donors (Lipinski definition) is 1. The zero-order valence-electron chi connectivity index (χ0n) is 10.9. The van der Waals surface area contributed by atoms with Crippen molar-refractivity contribution in [3.05, 3.63) is 63.6 Å². The highest BCUT2D eigenvalue weighted by Crippen LogP contribution is 2.33. The van der Waals surface area contributed by atoms with Crippen LogP contribution >= 0.6 is 11.3 Å². The van der Waals surface area contributed by atoms with Crippen molar-refractivity contribution in [1.82, 2.24) is 4.98 Å². The van der Waals surface area contributed by atoms with Crippen LogP contribution in [0.5, 0.6) is 0 Å². The molecule has 0 aliphatic heterocycles. The Morgan fingerprint density at radius 1 is 1.21 bits per heavy atom. The minimum absolute atomic E-state index is 0.578. The molecular formula is C16H15NOS. The lowest BCUT2D eigenvalue weighted by atomic mass is 10.0. The van der Waals surface area contributed by atoms with Crippen LogP contribution in [0.15, 0.2) is 42.7 Å². The van der Waals surface area contributed by atoms with Crippen LogP contribution in [0.2, 0.25) is 0 Å². The monoisotopic (exact) mass is 269 g/mol. The van der Waals surface area contributed by atoms with Crippen LogP contribution in [-0.2, 0) is 0 Å². The molecule has 19 heavy (non-hydrogen) atoms. The van der Waals surface area contributed by atoms with Crippen LogP contribution < -0.4 is 0 Å². The fourth-order valence-electron chi connectivity index (χ4n) is 2.27. The molecule has 96 valence electrons. The third-order valence-electron chi connectivity index (χ3n) is 3.47. The molecule has 1 N–H and O–H groups in total. The van der Waals surface area contributed by atoms with Crippen molar-refractivity contribution in [2.24, 2.45) is 0 Å². The number of aliphatic hydroxyl groups is 1. The molecular weight excluding hydrogens is 254 g/mol. The van der Waals surface area contributed by atoms with Gasteiger partial charge in [-0.25, -0.2) is 0 Å². The van der Waals surface area contributed by atoms with Crippen molar-refractivity contribution in [2.75, 3.05) is 0 Å². The standard InChI is InChI=1S/C16H15NOS/c1-10-8-15(19-11(10)2)16(18)13-5-3-4-12-6-7-17-9-14(12)13/h3-9,16,18H,1-2H3. The number of aliphatic hydroxyl groups excluding tert-OH is 1. The summed E-state index contributed by atoms with van der Waals surface area (Å²) in [5, 5.41) is 12.7. The Bertz CT molecular complexity index is 708. The number of aryl methyl sites for hydroxylation is 2. The smallest absolute Gasteiger partial charge is 0.114 e. The average molecular weight is 269 g/mol. The lowest BCUT2D eigenvalue weighted by molar-refractivity contribution is 0.225. The molecule has 1 unspecified atom stereocenters. The van der Waals surface area contributed by atoms with E-state index in [1.54, 1.807) is 17.5 Å². The first-order chi connectivity index (χ1) is 9.16. The maximum absolute atomic E-state index is 10.6. The van der Waals surface area contributed by atoms with Crippen LogP contribution in [0.3, 0.4) is 0 Å². The third-order valence-corrected chi connectivity index (χ3v) is 4.67. The molecule has 0 spiro atoms. The van der Waals surface area contributed by atoms with E-state index in [1.807, 2.05) is 30.5 Å². The van der Waals surface area contributed by atoms with Gasteiger partial charge < -0.3 is 5.11 Å². The molecule has 0 radical (unpaired) electrons. The second-order valence-corrected chi connectivity index (χ2v) is 6.02. The van der Waals surface area contributed by atoms with Gasteiger partial charge in [0.1, 0.15) is 6.10 Å². The molecule has 0 aliphatic rings. The zero-order chi connectivity index (χ0) is 13.4. The number of aromatic nitrogens is 1. The number of thiophene rings is 1. The van der Waals surface area contributed by atoms with Gasteiger partial charge in [-0.15, -0.1) is 11.3 Å². The second-order valence-electron chi connectivity index (χ2n) is 4.73. The number of fused-ring (bicyclic) bond motifs is 1. The van der Waals surface area contributed by atoms with Crippen molar-refractivity contribution in [3.8, 4) is 0 Å². The quantitative estimate of drug-likeness (QED) is 0.763. The summed E-state index contributed by atoms with van der Waals surface area (Å²) in [4.78, 5) is 6.41. The van der Waals surface area contributed by atoms with E-state index in [0.29, 0.717) is 0 Å². The predicted octanol–water partition coefficient (Wildman–Crippen LogP) is 3.99. The Morgan fingerprint density at radius 2 is 2.05 bits per heavy atom. The highest BCUT2D eigenvalue weighted by molar-refractivity contribution is 7.12. The molecule has 1 atom stereocenters. The lowest BCUT2D eigenvalue weighted by Crippen LogP contribution is -1.98. The molecule has 2 aromatic heterocycles. The van der Waals surface area contributed by atoms with Crippen molar-refractivity contribution in [2.45, 2.75) is 20.0 Å². The lowest BCUT2D eigenvalue weighted by Gasteiger charge is -2.11. The summed E-state index contributed by atoms with van der Waals surface area (Å²) in [5.41, 5.74) is 2.16. The van der Waals surface area contributed by atoms with Crippen molar-refractivity contribution in [1.29, 1.82) is 0 Å². The molecule has 0 bridgehead atoms. The number of hydrogen-bond acceptors (Lipinski definition) is 3. The first-order valence-electron chi connectivity index (χ1n) is 6.24. The summed E-state index contributed by atoms with van der Waals surface area (Å²) >= 11 is 1.66. The third kappa shape index (κ3) is 2.15. The number of nitrogens with zero attached hydrogens (tertiary/aromatic N) is 1. The summed E-state index contributed by atoms with van der Waals surface area (Å²) in [5.74, 6) is 0. The summed E-state index contributed by atoms with van der Waals surface area (Å²) in [6, 6.07) is 10.0. The molecule has 3 aromatic rings. The topological polar surface area (TPSA) is 33.1 Å². The van der Waals surface area contributed by atoms with Gasteiger partial charge in [-0.2, -0.15) is 0 Å². The van der Waals surface area contributed by atoms with Gasteiger partial charge >= 0.3 is 0 Å². The van der Waals surface area contributed by atoms with E-state index in [4.69, 9.17) is 0 Å². The molecule has 1 aromatic carbocycles. The first-order valence-corrected chi connectivity index (χ1v) is 7.06. The number of pyridine rings is 1. The molecule has 3 heteroatoms. The Hall–Kier alpha value is -1.71. The minimum atomic E-state index is -0.578. The SMILES string of the molecule is Cc1cc(C(O)c2cccc3ccncc23)sc1C.